The van der Waals surface area contributed by atoms with E-state index in [2.05, 4.69) is 15.3 Å². The average molecular weight is 346 g/mol. The molecule has 0 aliphatic carbocycles. The number of carbonyl (C=O) groups is 1. The lowest BCUT2D eigenvalue weighted by molar-refractivity contribution is -0.387. The summed E-state index contributed by atoms with van der Waals surface area (Å²) in [4.78, 5) is 39.3. The summed E-state index contributed by atoms with van der Waals surface area (Å²) < 4.78 is 5.08. The van der Waals surface area contributed by atoms with Gasteiger partial charge in [-0.3, -0.25) is 19.7 Å². The van der Waals surface area contributed by atoms with Gasteiger partial charge in [-0.2, -0.15) is 4.98 Å². The first-order chi connectivity index (χ1) is 12.0. The Morgan fingerprint density at radius 3 is 2.52 bits per heavy atom. The Bertz CT molecular complexity index is 824. The summed E-state index contributed by atoms with van der Waals surface area (Å²) in [6.07, 6.45) is 2.46. The highest BCUT2D eigenvalue weighted by atomic mass is 16.6. The van der Waals surface area contributed by atoms with E-state index in [-0.39, 0.29) is 0 Å². The topological polar surface area (TPSA) is 127 Å². The lowest BCUT2D eigenvalue weighted by Gasteiger charge is -2.14. The molecular formula is C16H18N4O5. The third-order valence-electron chi connectivity index (χ3n) is 3.58. The number of carbonyl (C=O) groups excluding carboxylic acids is 1. The number of hydrogen-bond donors (Lipinski definition) is 2. The zero-order valence-corrected chi connectivity index (χ0v) is 13.9. The third-order valence-corrected chi connectivity index (χ3v) is 3.58. The monoisotopic (exact) mass is 346 g/mol. The highest BCUT2D eigenvalue weighted by Gasteiger charge is 2.23. The second-order valence-electron chi connectivity index (χ2n) is 5.14. The van der Waals surface area contributed by atoms with Crippen LogP contribution >= 0.6 is 0 Å². The van der Waals surface area contributed by atoms with E-state index < -0.39 is 34.6 Å². The maximum atomic E-state index is 12.2. The third kappa shape index (κ3) is 4.19. The standard InChI is InChI=1S/C16H18N4O5/c1-3-10-6-5-7-11(4-2)13(10)19-12(21)8-25-16-14(20(23)24)15(22)17-9-18-16/h5-7,9H,3-4,8H2,1-2H3,(H,19,21)(H,17,18,22). The molecule has 132 valence electrons. The van der Waals surface area contributed by atoms with Crippen molar-refractivity contribution < 1.29 is 14.5 Å². The first-order valence-electron chi connectivity index (χ1n) is 7.73. The first kappa shape index (κ1) is 18.1. The number of rotatable bonds is 7. The van der Waals surface area contributed by atoms with Gasteiger partial charge in [0.1, 0.15) is 0 Å². The number of aromatic nitrogens is 2. The maximum Gasteiger partial charge on any atom is 0.395 e. The van der Waals surface area contributed by atoms with Crippen molar-refractivity contribution in [1.82, 2.24) is 9.97 Å². The van der Waals surface area contributed by atoms with Crippen LogP contribution in [0.3, 0.4) is 0 Å². The molecule has 1 aromatic heterocycles. The molecule has 0 radical (unpaired) electrons. The van der Waals surface area contributed by atoms with Crippen molar-refractivity contribution >= 4 is 17.3 Å². The van der Waals surface area contributed by atoms with Crippen molar-refractivity contribution in [1.29, 1.82) is 0 Å². The van der Waals surface area contributed by atoms with E-state index in [9.17, 15) is 19.7 Å². The summed E-state index contributed by atoms with van der Waals surface area (Å²) in [7, 11) is 0. The predicted molar refractivity (Wildman–Crippen MR) is 90.8 cm³/mol. The van der Waals surface area contributed by atoms with Gasteiger partial charge in [-0.1, -0.05) is 32.0 Å². The van der Waals surface area contributed by atoms with Gasteiger partial charge in [0.15, 0.2) is 6.61 Å². The van der Waals surface area contributed by atoms with Crippen LogP contribution in [0.25, 0.3) is 0 Å². The molecular weight excluding hydrogens is 328 g/mol. The van der Waals surface area contributed by atoms with Crippen LogP contribution in [0, 0.1) is 10.1 Å². The quantitative estimate of drug-likeness (QED) is 0.581. The number of aromatic amines is 1. The number of amides is 1. The zero-order chi connectivity index (χ0) is 18.4. The molecule has 9 heteroatoms. The highest BCUT2D eigenvalue weighted by molar-refractivity contribution is 5.93. The van der Waals surface area contributed by atoms with Gasteiger partial charge in [0, 0.05) is 5.69 Å². The second-order valence-corrected chi connectivity index (χ2v) is 5.14. The molecule has 2 N–H and O–H groups in total. The van der Waals surface area contributed by atoms with Gasteiger partial charge in [0.05, 0.1) is 11.3 Å². The molecule has 0 aliphatic heterocycles. The lowest BCUT2D eigenvalue weighted by atomic mass is 10.0. The Labute approximate surface area is 143 Å². The van der Waals surface area contributed by atoms with Crippen LogP contribution in [0.15, 0.2) is 29.3 Å². The number of aryl methyl sites for hydroxylation is 2. The van der Waals surface area contributed by atoms with E-state index in [1.165, 1.54) is 0 Å². The van der Waals surface area contributed by atoms with Crippen LogP contribution in [0.5, 0.6) is 5.88 Å². The number of anilines is 1. The van der Waals surface area contributed by atoms with E-state index >= 15 is 0 Å². The van der Waals surface area contributed by atoms with Crippen LogP contribution in [0.4, 0.5) is 11.4 Å². The van der Waals surface area contributed by atoms with Gasteiger partial charge in [-0.05, 0) is 24.0 Å². The summed E-state index contributed by atoms with van der Waals surface area (Å²) >= 11 is 0. The SMILES string of the molecule is CCc1cccc(CC)c1NC(=O)COc1nc[nH]c(=O)c1[N+](=O)[O-]. The van der Waals surface area contributed by atoms with Crippen molar-refractivity contribution in [2.24, 2.45) is 0 Å². The Morgan fingerprint density at radius 1 is 1.32 bits per heavy atom. The summed E-state index contributed by atoms with van der Waals surface area (Å²) in [6.45, 7) is 3.45. The molecule has 25 heavy (non-hydrogen) atoms. The molecule has 0 saturated carbocycles. The zero-order valence-electron chi connectivity index (χ0n) is 13.9. The molecule has 2 rings (SSSR count). The molecule has 0 atom stereocenters. The Kier molecular flexibility index (Phi) is 5.83. The minimum absolute atomic E-state index is 0.494. The van der Waals surface area contributed by atoms with Crippen LogP contribution in [-0.4, -0.2) is 27.4 Å². The molecule has 0 bridgehead atoms. The van der Waals surface area contributed by atoms with Crippen molar-refractivity contribution in [2.75, 3.05) is 11.9 Å². The summed E-state index contributed by atoms with van der Waals surface area (Å²) in [6, 6.07) is 5.75. The summed E-state index contributed by atoms with van der Waals surface area (Å²) in [5.41, 5.74) is 0.897. The van der Waals surface area contributed by atoms with E-state index in [0.717, 1.165) is 36.0 Å². The number of nitrogens with zero attached hydrogens (tertiary/aromatic N) is 2. The number of benzene rings is 1. The van der Waals surface area contributed by atoms with Gasteiger partial charge >= 0.3 is 17.1 Å². The van der Waals surface area contributed by atoms with Crippen LogP contribution in [0.2, 0.25) is 0 Å². The van der Waals surface area contributed by atoms with Gasteiger partial charge in [0.25, 0.3) is 5.91 Å². The van der Waals surface area contributed by atoms with Crippen molar-refractivity contribution in [3.63, 3.8) is 0 Å². The minimum atomic E-state index is -0.944. The Balaban J connectivity index is 2.14. The van der Waals surface area contributed by atoms with E-state index in [4.69, 9.17) is 4.74 Å². The summed E-state index contributed by atoms with van der Waals surface area (Å²) in [5, 5.41) is 13.7. The highest BCUT2D eigenvalue weighted by Crippen LogP contribution is 2.23. The average Bonchev–Trinajstić information content (AvgIpc) is 2.59. The molecule has 1 heterocycles. The first-order valence-corrected chi connectivity index (χ1v) is 7.73. The molecule has 2 aromatic rings. The number of hydrogen-bond acceptors (Lipinski definition) is 6. The fourth-order valence-electron chi connectivity index (χ4n) is 2.36. The molecule has 1 amide bonds. The van der Waals surface area contributed by atoms with Crippen molar-refractivity contribution in [3.05, 3.63) is 56.1 Å². The van der Waals surface area contributed by atoms with Crippen molar-refractivity contribution in [3.8, 4) is 5.88 Å². The number of nitrogens with one attached hydrogen (secondary N) is 2. The Morgan fingerprint density at radius 2 is 1.96 bits per heavy atom. The molecule has 0 aliphatic rings. The van der Waals surface area contributed by atoms with Gasteiger partial charge in [-0.15, -0.1) is 0 Å². The molecule has 1 aromatic carbocycles. The van der Waals surface area contributed by atoms with Crippen LogP contribution < -0.4 is 15.6 Å². The number of H-pyrrole nitrogens is 1. The number of ether oxygens (including phenoxy) is 1. The molecule has 0 saturated heterocycles. The summed E-state index contributed by atoms with van der Waals surface area (Å²) in [5.74, 6) is -0.990. The molecule has 0 fully saturated rings. The smallest absolute Gasteiger partial charge is 0.395 e. The lowest BCUT2D eigenvalue weighted by Crippen LogP contribution is -2.23. The fourth-order valence-corrected chi connectivity index (χ4v) is 2.36. The van der Waals surface area contributed by atoms with Crippen LogP contribution in [0.1, 0.15) is 25.0 Å². The molecule has 9 nitrogen and oxygen atoms in total. The van der Waals surface area contributed by atoms with E-state index in [1.807, 2.05) is 32.0 Å². The normalized spacial score (nSPS) is 10.3. The maximum absolute atomic E-state index is 12.2. The number of para-hydroxylation sites is 1. The van der Waals surface area contributed by atoms with E-state index in [0.29, 0.717) is 0 Å². The van der Waals surface area contributed by atoms with Gasteiger partial charge < -0.3 is 15.0 Å². The minimum Gasteiger partial charge on any atom is -0.462 e. The van der Waals surface area contributed by atoms with Crippen LogP contribution in [-0.2, 0) is 17.6 Å². The molecule has 0 unspecified atom stereocenters. The van der Waals surface area contributed by atoms with Gasteiger partial charge in [-0.25, -0.2) is 0 Å². The molecule has 0 spiro atoms. The largest absolute Gasteiger partial charge is 0.462 e. The van der Waals surface area contributed by atoms with E-state index in [1.54, 1.807) is 0 Å². The predicted octanol–water partition coefficient (Wildman–Crippen LogP) is 1.82. The van der Waals surface area contributed by atoms with Crippen molar-refractivity contribution in [2.45, 2.75) is 26.7 Å². The van der Waals surface area contributed by atoms with Gasteiger partial charge in [0.2, 0.25) is 0 Å². The fraction of sp³-hybridized carbons (Fsp3) is 0.312. The number of nitro groups is 1. The Hall–Kier alpha value is -3.23. The second kappa shape index (κ2) is 8.04.